The Morgan fingerprint density at radius 1 is 1.00 bits per heavy atom. The highest BCUT2D eigenvalue weighted by atomic mass is 35.5. The van der Waals surface area contributed by atoms with Gasteiger partial charge in [0.15, 0.2) is 5.75 Å². The molecule has 3 heterocycles. The van der Waals surface area contributed by atoms with E-state index in [9.17, 15) is 14.0 Å². The van der Waals surface area contributed by atoms with Gasteiger partial charge in [0.05, 0.1) is 45.7 Å². The van der Waals surface area contributed by atoms with Crippen molar-refractivity contribution in [2.24, 2.45) is 0 Å². The van der Waals surface area contributed by atoms with Gasteiger partial charge in [-0.25, -0.2) is 19.0 Å². The van der Waals surface area contributed by atoms with Crippen molar-refractivity contribution in [3.63, 3.8) is 0 Å². The summed E-state index contributed by atoms with van der Waals surface area (Å²) in [4.78, 5) is 53.9. The summed E-state index contributed by atoms with van der Waals surface area (Å²) < 4.78 is 36.9. The predicted molar refractivity (Wildman–Crippen MR) is 219 cm³/mol. The zero-order valence-corrected chi connectivity index (χ0v) is 36.1. The van der Waals surface area contributed by atoms with Crippen LogP contribution in [0, 0.1) is 12.7 Å². The number of amides is 3. The molecule has 1 unspecified atom stereocenters. The van der Waals surface area contributed by atoms with Crippen molar-refractivity contribution in [2.75, 3.05) is 26.8 Å². The van der Waals surface area contributed by atoms with Crippen molar-refractivity contribution in [1.82, 2.24) is 19.7 Å². The molecule has 2 aromatic carbocycles. The minimum atomic E-state index is -0.820. The second-order valence-electron chi connectivity index (χ2n) is 16.7. The Hall–Kier alpha value is -4.07. The van der Waals surface area contributed by atoms with Crippen molar-refractivity contribution in [1.29, 1.82) is 0 Å². The molecule has 1 saturated carbocycles. The van der Waals surface area contributed by atoms with E-state index in [1.807, 2.05) is 71.6 Å². The zero-order chi connectivity index (χ0) is 41.4. The molecule has 0 radical (unpaired) electrons. The number of hydrogen-bond acceptors (Lipinski definition) is 9. The summed E-state index contributed by atoms with van der Waals surface area (Å²) in [5, 5.41) is 1.01. The fraction of sp³-hybridized carbons (Fsp3) is 0.524. The number of ether oxygens (including phenoxy) is 4. The van der Waals surface area contributed by atoms with Gasteiger partial charge < -0.3 is 28.7 Å². The third kappa shape index (κ3) is 10.2. The Bertz CT molecular complexity index is 2020. The predicted octanol–water partition coefficient (Wildman–Crippen LogP) is 9.49. The maximum Gasteiger partial charge on any atom is 0.411 e. The van der Waals surface area contributed by atoms with Gasteiger partial charge in [0.1, 0.15) is 22.8 Å². The molecule has 3 aromatic rings. The van der Waals surface area contributed by atoms with Gasteiger partial charge in [-0.05, 0) is 109 Å². The van der Waals surface area contributed by atoms with Crippen LogP contribution in [0.5, 0.6) is 11.5 Å². The van der Waals surface area contributed by atoms with Crippen LogP contribution in [0.2, 0.25) is 10.0 Å². The van der Waals surface area contributed by atoms with Gasteiger partial charge in [-0.2, -0.15) is 0 Å². The lowest BCUT2D eigenvalue weighted by Gasteiger charge is -2.51. The van der Waals surface area contributed by atoms with E-state index in [2.05, 4.69) is 0 Å². The Labute approximate surface area is 348 Å². The zero-order valence-electron chi connectivity index (χ0n) is 33.7. The molecule has 1 aromatic heterocycles. The smallest absolute Gasteiger partial charge is 0.411 e. The van der Waals surface area contributed by atoms with E-state index in [1.54, 1.807) is 23.1 Å². The van der Waals surface area contributed by atoms with Crippen LogP contribution in [0.1, 0.15) is 88.2 Å². The summed E-state index contributed by atoms with van der Waals surface area (Å²) in [6.07, 6.45) is 3.86. The minimum Gasteiger partial charge on any atom is -0.496 e. The van der Waals surface area contributed by atoms with Crippen LogP contribution in [0.15, 0.2) is 42.1 Å². The number of fused-ring (bicyclic) bond motifs is 2. The van der Waals surface area contributed by atoms with Crippen molar-refractivity contribution in [3.8, 4) is 11.5 Å². The number of aromatic nitrogens is 1. The van der Waals surface area contributed by atoms with E-state index in [4.69, 9.17) is 47.1 Å². The average molecular weight is 846 g/mol. The molecule has 11 nitrogen and oxygen atoms in total. The van der Waals surface area contributed by atoms with Crippen LogP contribution in [0.25, 0.3) is 5.57 Å². The largest absolute Gasteiger partial charge is 0.496 e. The van der Waals surface area contributed by atoms with E-state index in [1.165, 1.54) is 11.3 Å². The molecule has 2 fully saturated rings. The molecule has 2 atom stereocenters. The number of thiazole rings is 1. The third-order valence-electron chi connectivity index (χ3n) is 9.94. The summed E-state index contributed by atoms with van der Waals surface area (Å²) in [6, 6.07) is 6.81. The first kappa shape index (κ1) is 42.5. The SMILES string of the molecule is COc1cccc(CN(C(=O)C2=C(c3cnc(CCCOc4c(Cl)cc(F)cc4Cl)s3)CC3CN(C(=O)OC(C)(C)C)C[C@H]2N3C(=O)OC(C)(C)C)C2CC2)c1C. The van der Waals surface area contributed by atoms with Gasteiger partial charge in [0.2, 0.25) is 0 Å². The fourth-order valence-electron chi connectivity index (χ4n) is 7.25. The topological polar surface area (TPSA) is 111 Å². The van der Waals surface area contributed by atoms with Crippen LogP contribution < -0.4 is 9.47 Å². The molecule has 15 heteroatoms. The molecule has 1 saturated heterocycles. The van der Waals surface area contributed by atoms with E-state index >= 15 is 4.79 Å². The maximum absolute atomic E-state index is 15.4. The standard InChI is InChI=1S/C42H51Cl2FN4O7S/c1-24-25(11-9-12-33(24)53-8)21-48(27-14-15-27)38(50)36-29(34-20-46-35(57-34)13-10-16-54-37-30(43)17-26(45)18-31(37)44)19-28-22-47(39(51)55-41(2,3)4)23-32(36)49(28)40(52)56-42(5,6)7/h9,11-12,17-18,20,27-28,32H,10,13-16,19,21-23H2,1-8H3/t28?,32-/m1/s1. The Kier molecular flexibility index (Phi) is 12.7. The van der Waals surface area contributed by atoms with Gasteiger partial charge >= 0.3 is 12.2 Å². The lowest BCUT2D eigenvalue weighted by Crippen LogP contribution is -2.66. The van der Waals surface area contributed by atoms with Gasteiger partial charge in [-0.3, -0.25) is 9.69 Å². The Morgan fingerprint density at radius 3 is 2.30 bits per heavy atom. The average Bonchev–Trinajstić information content (AvgIpc) is 3.84. The number of methoxy groups -OCH3 is 1. The first-order valence-corrected chi connectivity index (χ1v) is 20.8. The fourth-order valence-corrected chi connectivity index (χ4v) is 8.85. The molecule has 0 N–H and O–H groups in total. The van der Waals surface area contributed by atoms with Gasteiger partial charge in [0, 0.05) is 43.9 Å². The van der Waals surface area contributed by atoms with Crippen molar-refractivity contribution in [2.45, 2.75) is 116 Å². The van der Waals surface area contributed by atoms with Crippen LogP contribution in [0.3, 0.4) is 0 Å². The first-order chi connectivity index (χ1) is 26.8. The Morgan fingerprint density at radius 2 is 1.67 bits per heavy atom. The summed E-state index contributed by atoms with van der Waals surface area (Å²) in [7, 11) is 1.63. The molecule has 3 aliphatic rings. The first-order valence-electron chi connectivity index (χ1n) is 19.2. The molecule has 57 heavy (non-hydrogen) atoms. The molecule has 3 amide bonds. The van der Waals surface area contributed by atoms with Gasteiger partial charge in [-0.1, -0.05) is 35.3 Å². The number of nitrogens with zero attached hydrogens (tertiary/aromatic N) is 4. The van der Waals surface area contributed by atoms with Crippen LogP contribution in [-0.2, 0) is 27.2 Å². The second kappa shape index (κ2) is 17.0. The monoisotopic (exact) mass is 844 g/mol. The summed E-state index contributed by atoms with van der Waals surface area (Å²) >= 11 is 13.8. The van der Waals surface area contributed by atoms with E-state index < -0.39 is 41.3 Å². The number of carbonyl (C=O) groups excluding carboxylic acids is 3. The second-order valence-corrected chi connectivity index (χ2v) is 18.6. The lowest BCUT2D eigenvalue weighted by molar-refractivity contribution is -0.129. The number of aryl methyl sites for hydroxylation is 1. The summed E-state index contributed by atoms with van der Waals surface area (Å²) in [6.45, 7) is 13.7. The van der Waals surface area contributed by atoms with Crippen molar-refractivity contribution >= 4 is 58.2 Å². The van der Waals surface area contributed by atoms with Crippen molar-refractivity contribution in [3.05, 3.63) is 79.0 Å². The highest BCUT2D eigenvalue weighted by molar-refractivity contribution is 7.12. The van der Waals surface area contributed by atoms with Gasteiger partial charge in [0.25, 0.3) is 5.91 Å². The minimum absolute atomic E-state index is 0.00948. The molecular formula is C42H51Cl2FN4O7S. The maximum atomic E-state index is 15.4. The normalized spacial score (nSPS) is 18.4. The van der Waals surface area contributed by atoms with Crippen LogP contribution in [-0.4, -0.2) is 93.9 Å². The highest BCUT2D eigenvalue weighted by Crippen LogP contribution is 2.44. The van der Waals surface area contributed by atoms with E-state index in [0.717, 1.165) is 57.3 Å². The van der Waals surface area contributed by atoms with Crippen molar-refractivity contribution < 1.29 is 37.7 Å². The number of hydrogen-bond donors (Lipinski definition) is 0. The Balaban J connectivity index is 1.37. The quantitative estimate of drug-likeness (QED) is 0.176. The van der Waals surface area contributed by atoms with Gasteiger partial charge in [-0.15, -0.1) is 11.3 Å². The molecular weight excluding hydrogens is 794 g/mol. The van der Waals surface area contributed by atoms with E-state index in [0.29, 0.717) is 31.4 Å². The molecule has 2 aliphatic heterocycles. The number of rotatable bonds is 11. The lowest BCUT2D eigenvalue weighted by atomic mass is 9.83. The van der Waals surface area contributed by atoms with Crippen LogP contribution in [0.4, 0.5) is 14.0 Å². The highest BCUT2D eigenvalue weighted by Gasteiger charge is 2.51. The molecule has 6 rings (SSSR count). The molecule has 2 bridgehead atoms. The summed E-state index contributed by atoms with van der Waals surface area (Å²) in [5.41, 5.74) is 1.61. The number of halogens is 3. The third-order valence-corrected chi connectivity index (χ3v) is 11.6. The summed E-state index contributed by atoms with van der Waals surface area (Å²) in [5.74, 6) is 0.211. The molecule has 1 aliphatic carbocycles. The molecule has 308 valence electrons. The molecule has 0 spiro atoms. The number of benzene rings is 2. The number of piperazine rings is 1. The van der Waals surface area contributed by atoms with Crippen LogP contribution >= 0.6 is 34.5 Å². The van der Waals surface area contributed by atoms with E-state index in [-0.39, 0.29) is 47.4 Å². The number of carbonyl (C=O) groups is 3.